The molecule has 2 fully saturated rings. The zero-order chi connectivity index (χ0) is 18.9. The highest BCUT2D eigenvalue weighted by Gasteiger charge is 2.24. The van der Waals surface area contributed by atoms with Gasteiger partial charge in [0.15, 0.2) is 11.5 Å². The molecule has 144 valence electrons. The summed E-state index contributed by atoms with van der Waals surface area (Å²) in [5.74, 6) is 1.17. The van der Waals surface area contributed by atoms with Gasteiger partial charge in [-0.2, -0.15) is 0 Å². The summed E-state index contributed by atoms with van der Waals surface area (Å²) in [5.41, 5.74) is 2.29. The summed E-state index contributed by atoms with van der Waals surface area (Å²) in [5, 5.41) is 11.4. The van der Waals surface area contributed by atoms with Crippen molar-refractivity contribution in [3.05, 3.63) is 42.1 Å². The van der Waals surface area contributed by atoms with Crippen LogP contribution in [0.3, 0.4) is 0 Å². The maximum Gasteiger partial charge on any atom is 0.278 e. The van der Waals surface area contributed by atoms with Gasteiger partial charge in [0.2, 0.25) is 5.95 Å². The third kappa shape index (κ3) is 3.10. The number of benzene rings is 1. The molecule has 0 unspecified atom stereocenters. The van der Waals surface area contributed by atoms with Crippen LogP contribution in [0.1, 0.15) is 55.1 Å². The molecule has 0 radical (unpaired) electrons. The smallest absolute Gasteiger partial charge is 0.278 e. The Hall–Kier alpha value is -2.96. The number of hydrogen-bond donors (Lipinski definition) is 1. The molecule has 0 atom stereocenters. The van der Waals surface area contributed by atoms with Crippen LogP contribution >= 0.6 is 0 Å². The van der Waals surface area contributed by atoms with Crippen molar-refractivity contribution in [3.63, 3.8) is 0 Å². The van der Waals surface area contributed by atoms with Crippen LogP contribution in [0.25, 0.3) is 11.0 Å². The molecule has 7 heteroatoms. The monoisotopic (exact) mass is 376 g/mol. The minimum Gasteiger partial charge on any atom is -0.355 e. The molecule has 7 nitrogen and oxygen atoms in total. The molecule has 0 spiro atoms. The summed E-state index contributed by atoms with van der Waals surface area (Å²) in [4.78, 5) is 19.7. The van der Waals surface area contributed by atoms with Crippen molar-refractivity contribution in [1.29, 1.82) is 0 Å². The van der Waals surface area contributed by atoms with E-state index in [1.165, 1.54) is 25.7 Å². The Morgan fingerprint density at radius 3 is 2.50 bits per heavy atom. The Bertz CT molecular complexity index is 984. The van der Waals surface area contributed by atoms with Gasteiger partial charge >= 0.3 is 0 Å². The summed E-state index contributed by atoms with van der Waals surface area (Å²) in [7, 11) is 0. The number of aromatic nitrogens is 4. The fourth-order valence-electron chi connectivity index (χ4n) is 4.39. The first-order valence-electron chi connectivity index (χ1n) is 10.2. The van der Waals surface area contributed by atoms with Crippen LogP contribution in [0.4, 0.5) is 11.8 Å². The summed E-state index contributed by atoms with van der Waals surface area (Å²) in [6.07, 6.45) is 7.03. The third-order valence-corrected chi connectivity index (χ3v) is 5.82. The van der Waals surface area contributed by atoms with Gasteiger partial charge in [-0.15, -0.1) is 10.2 Å². The van der Waals surface area contributed by atoms with Gasteiger partial charge in [-0.3, -0.25) is 10.1 Å². The van der Waals surface area contributed by atoms with Crippen molar-refractivity contribution >= 4 is 28.7 Å². The number of amides is 1. The number of anilines is 2. The average molecular weight is 376 g/mol. The fraction of sp³-hybridized carbons (Fsp3) is 0.429. The van der Waals surface area contributed by atoms with Gasteiger partial charge in [0.25, 0.3) is 5.91 Å². The van der Waals surface area contributed by atoms with Gasteiger partial charge in [0.05, 0.1) is 11.0 Å². The normalized spacial score (nSPS) is 17.5. The van der Waals surface area contributed by atoms with E-state index in [2.05, 4.69) is 36.0 Å². The second-order valence-corrected chi connectivity index (χ2v) is 7.66. The van der Waals surface area contributed by atoms with Gasteiger partial charge < -0.3 is 9.47 Å². The number of nitrogens with one attached hydrogen (secondary N) is 1. The zero-order valence-corrected chi connectivity index (χ0v) is 15.8. The summed E-state index contributed by atoms with van der Waals surface area (Å²) < 4.78 is 2.19. The molecule has 3 aromatic rings. The molecule has 1 saturated heterocycles. The number of hydrogen-bond acceptors (Lipinski definition) is 5. The second-order valence-electron chi connectivity index (χ2n) is 7.66. The molecule has 0 bridgehead atoms. The second kappa shape index (κ2) is 7.22. The standard InChI is InChI=1S/C21H24N6O/c28-20(17-11-12-19(25-24-17)26-13-5-6-14-26)23-21-22-16-9-3-4-10-18(16)27(21)15-7-1-2-8-15/h3-4,9-12,15H,1-2,5-8,13-14H2,(H,22,23,28). The summed E-state index contributed by atoms with van der Waals surface area (Å²) in [6.45, 7) is 2.01. The third-order valence-electron chi connectivity index (χ3n) is 5.82. The molecule has 3 heterocycles. The van der Waals surface area contributed by atoms with Gasteiger partial charge in [-0.25, -0.2) is 4.98 Å². The molecule has 1 saturated carbocycles. The molecule has 1 aromatic carbocycles. The zero-order valence-electron chi connectivity index (χ0n) is 15.8. The van der Waals surface area contributed by atoms with E-state index < -0.39 is 0 Å². The molecule has 2 aliphatic rings. The number of rotatable bonds is 4. The van der Waals surface area contributed by atoms with E-state index in [1.54, 1.807) is 6.07 Å². The first-order valence-corrected chi connectivity index (χ1v) is 10.2. The van der Waals surface area contributed by atoms with Gasteiger partial charge in [-0.05, 0) is 49.9 Å². The molecule has 1 aliphatic carbocycles. The van der Waals surface area contributed by atoms with Crippen LogP contribution in [0, 0.1) is 0 Å². The first-order chi connectivity index (χ1) is 13.8. The van der Waals surface area contributed by atoms with E-state index in [-0.39, 0.29) is 5.91 Å². The van der Waals surface area contributed by atoms with E-state index in [4.69, 9.17) is 0 Å². The highest BCUT2D eigenvalue weighted by molar-refractivity contribution is 6.02. The van der Waals surface area contributed by atoms with Gasteiger partial charge in [0, 0.05) is 19.1 Å². The molecule has 1 aliphatic heterocycles. The Balaban J connectivity index is 1.41. The van der Waals surface area contributed by atoms with Crippen molar-refractivity contribution in [2.75, 3.05) is 23.3 Å². The number of nitrogens with zero attached hydrogens (tertiary/aromatic N) is 5. The quantitative estimate of drug-likeness (QED) is 0.750. The van der Waals surface area contributed by atoms with E-state index in [0.29, 0.717) is 17.7 Å². The number of para-hydroxylation sites is 2. The highest BCUT2D eigenvalue weighted by atomic mass is 16.2. The minimum atomic E-state index is -0.268. The summed E-state index contributed by atoms with van der Waals surface area (Å²) >= 11 is 0. The van der Waals surface area contributed by atoms with Crippen molar-refractivity contribution in [2.24, 2.45) is 0 Å². The number of fused-ring (bicyclic) bond motifs is 1. The lowest BCUT2D eigenvalue weighted by atomic mass is 10.2. The topological polar surface area (TPSA) is 75.9 Å². The predicted octanol–water partition coefficient (Wildman–Crippen LogP) is 3.79. The van der Waals surface area contributed by atoms with Crippen molar-refractivity contribution in [1.82, 2.24) is 19.7 Å². The van der Waals surface area contributed by atoms with Crippen LogP contribution in [0.15, 0.2) is 36.4 Å². The van der Waals surface area contributed by atoms with E-state index in [9.17, 15) is 4.79 Å². The largest absolute Gasteiger partial charge is 0.355 e. The lowest BCUT2D eigenvalue weighted by molar-refractivity contribution is 0.102. The maximum absolute atomic E-state index is 12.8. The molecule has 2 aromatic heterocycles. The van der Waals surface area contributed by atoms with E-state index in [1.807, 2.05) is 24.3 Å². The molecular formula is C21H24N6O. The van der Waals surface area contributed by atoms with Gasteiger partial charge in [-0.1, -0.05) is 25.0 Å². The van der Waals surface area contributed by atoms with Crippen molar-refractivity contribution < 1.29 is 4.79 Å². The van der Waals surface area contributed by atoms with E-state index >= 15 is 0 Å². The van der Waals surface area contributed by atoms with Crippen LogP contribution in [-0.4, -0.2) is 38.7 Å². The van der Waals surface area contributed by atoms with Crippen molar-refractivity contribution in [2.45, 2.75) is 44.6 Å². The predicted molar refractivity (Wildman–Crippen MR) is 109 cm³/mol. The van der Waals surface area contributed by atoms with E-state index in [0.717, 1.165) is 42.8 Å². The fourth-order valence-corrected chi connectivity index (χ4v) is 4.39. The van der Waals surface area contributed by atoms with Gasteiger partial charge in [0.1, 0.15) is 0 Å². The number of imidazole rings is 1. The lowest BCUT2D eigenvalue weighted by Gasteiger charge is -2.17. The van der Waals surface area contributed by atoms with Crippen molar-refractivity contribution in [3.8, 4) is 0 Å². The number of carbonyl (C=O) groups is 1. The molecule has 28 heavy (non-hydrogen) atoms. The van der Waals surface area contributed by atoms with Crippen LogP contribution in [0.5, 0.6) is 0 Å². The molecule has 5 rings (SSSR count). The van der Waals surface area contributed by atoms with Crippen LogP contribution in [-0.2, 0) is 0 Å². The molecule has 1 N–H and O–H groups in total. The molecule has 1 amide bonds. The van der Waals surface area contributed by atoms with Crippen LogP contribution < -0.4 is 10.2 Å². The molecular weight excluding hydrogens is 352 g/mol. The summed E-state index contributed by atoms with van der Waals surface area (Å²) in [6, 6.07) is 12.1. The number of carbonyl (C=O) groups excluding carboxylic acids is 1. The van der Waals surface area contributed by atoms with Crippen LogP contribution in [0.2, 0.25) is 0 Å². The maximum atomic E-state index is 12.8. The Morgan fingerprint density at radius 2 is 1.75 bits per heavy atom. The Kier molecular flexibility index (Phi) is 4.43. The lowest BCUT2D eigenvalue weighted by Crippen LogP contribution is -2.22. The SMILES string of the molecule is O=C(Nc1nc2ccccc2n1C1CCCC1)c1ccc(N2CCCC2)nn1. The Morgan fingerprint density at radius 1 is 0.964 bits per heavy atom. The minimum absolute atomic E-state index is 0.268. The Labute approximate surface area is 163 Å². The average Bonchev–Trinajstić information content (AvgIpc) is 3.48. The highest BCUT2D eigenvalue weighted by Crippen LogP contribution is 2.35. The first kappa shape index (κ1) is 17.2.